The Labute approximate surface area is 209 Å². The topological polar surface area (TPSA) is 78.5 Å². The molecular formula is C28H27N3O3S. The number of para-hydroxylation sites is 1. The van der Waals surface area contributed by atoms with Crippen molar-refractivity contribution >= 4 is 46.5 Å². The number of benzene rings is 3. The molecule has 6 nitrogen and oxygen atoms in total. The molecule has 0 saturated heterocycles. The fraction of sp³-hybridized carbons (Fsp3) is 0.179. The lowest BCUT2D eigenvalue weighted by Crippen LogP contribution is -2.32. The molecule has 1 heterocycles. The average molecular weight is 486 g/mol. The highest BCUT2D eigenvalue weighted by Gasteiger charge is 2.40. The van der Waals surface area contributed by atoms with Crippen molar-refractivity contribution in [2.75, 3.05) is 15.5 Å². The average Bonchev–Trinajstić information content (AvgIpc) is 3.04. The molecule has 178 valence electrons. The number of anilines is 3. The fourth-order valence-electron chi connectivity index (χ4n) is 3.65. The summed E-state index contributed by atoms with van der Waals surface area (Å²) in [6.07, 6.45) is 0.423. The molecular weight excluding hydrogens is 458 g/mol. The van der Waals surface area contributed by atoms with Gasteiger partial charge in [0.15, 0.2) is 0 Å². The third kappa shape index (κ3) is 5.81. The highest BCUT2D eigenvalue weighted by atomic mass is 32.2. The molecule has 0 saturated carbocycles. The van der Waals surface area contributed by atoms with E-state index in [0.29, 0.717) is 28.4 Å². The summed E-state index contributed by atoms with van der Waals surface area (Å²) in [6, 6.07) is 23.8. The third-order valence-electron chi connectivity index (χ3n) is 5.31. The van der Waals surface area contributed by atoms with Gasteiger partial charge in [0, 0.05) is 22.7 Å². The number of imide groups is 1. The maximum absolute atomic E-state index is 13.5. The molecule has 3 amide bonds. The zero-order valence-electron chi connectivity index (χ0n) is 19.9. The van der Waals surface area contributed by atoms with Crippen LogP contribution in [-0.4, -0.2) is 17.7 Å². The lowest BCUT2D eigenvalue weighted by molar-refractivity contribution is -0.120. The molecule has 35 heavy (non-hydrogen) atoms. The minimum absolute atomic E-state index is 0.0644. The summed E-state index contributed by atoms with van der Waals surface area (Å²) in [7, 11) is 0. The van der Waals surface area contributed by atoms with Crippen molar-refractivity contribution in [1.29, 1.82) is 0 Å². The predicted octanol–water partition coefficient (Wildman–Crippen LogP) is 5.97. The van der Waals surface area contributed by atoms with Gasteiger partial charge < -0.3 is 10.6 Å². The van der Waals surface area contributed by atoms with Crippen LogP contribution < -0.4 is 15.5 Å². The second-order valence-corrected chi connectivity index (χ2v) is 9.84. The molecule has 7 heteroatoms. The zero-order chi connectivity index (χ0) is 24.9. The molecule has 0 aromatic heterocycles. The van der Waals surface area contributed by atoms with Gasteiger partial charge in [-0.15, -0.1) is 0 Å². The van der Waals surface area contributed by atoms with Gasteiger partial charge in [0.1, 0.15) is 10.6 Å². The monoisotopic (exact) mass is 485 g/mol. The van der Waals surface area contributed by atoms with Gasteiger partial charge in [-0.1, -0.05) is 67.6 Å². The smallest absolute Gasteiger partial charge is 0.283 e. The van der Waals surface area contributed by atoms with E-state index in [4.69, 9.17) is 0 Å². The molecule has 2 N–H and O–H groups in total. The van der Waals surface area contributed by atoms with Gasteiger partial charge in [0.25, 0.3) is 11.8 Å². The number of nitrogens with one attached hydrogen (secondary N) is 2. The Morgan fingerprint density at radius 1 is 0.886 bits per heavy atom. The number of hydrogen-bond donors (Lipinski definition) is 2. The lowest BCUT2D eigenvalue weighted by atomic mass is 10.1. The van der Waals surface area contributed by atoms with Crippen LogP contribution in [0, 0.1) is 12.8 Å². The second kappa shape index (κ2) is 10.6. The van der Waals surface area contributed by atoms with Crippen molar-refractivity contribution in [2.24, 2.45) is 5.92 Å². The van der Waals surface area contributed by atoms with E-state index in [9.17, 15) is 14.4 Å². The summed E-state index contributed by atoms with van der Waals surface area (Å²) in [4.78, 5) is 41.4. The third-order valence-corrected chi connectivity index (χ3v) is 6.38. The molecule has 0 spiro atoms. The van der Waals surface area contributed by atoms with E-state index >= 15 is 0 Å². The summed E-state index contributed by atoms with van der Waals surface area (Å²) in [6.45, 7) is 5.93. The summed E-state index contributed by atoms with van der Waals surface area (Å²) in [5, 5.41) is 6.05. The number of aryl methyl sites for hydroxylation is 1. The lowest BCUT2D eigenvalue weighted by Gasteiger charge is -2.15. The van der Waals surface area contributed by atoms with E-state index in [1.807, 2.05) is 81.4 Å². The SMILES string of the molecule is Cc1ccc(N2C(=O)C(Nc3ccccc3)=C(Sc3cccc(NC(=O)CC(C)C)c3)C2=O)cc1. The summed E-state index contributed by atoms with van der Waals surface area (Å²) in [5.41, 5.74) is 3.13. The number of rotatable bonds is 8. The van der Waals surface area contributed by atoms with E-state index in [-0.39, 0.29) is 17.5 Å². The second-order valence-electron chi connectivity index (χ2n) is 8.75. The Hall–Kier alpha value is -3.84. The van der Waals surface area contributed by atoms with Crippen molar-refractivity contribution in [2.45, 2.75) is 32.1 Å². The van der Waals surface area contributed by atoms with Gasteiger partial charge >= 0.3 is 0 Å². The molecule has 0 atom stereocenters. The Morgan fingerprint density at radius 3 is 2.26 bits per heavy atom. The molecule has 0 fully saturated rings. The van der Waals surface area contributed by atoms with E-state index < -0.39 is 11.8 Å². The highest BCUT2D eigenvalue weighted by Crippen LogP contribution is 2.38. The first-order chi connectivity index (χ1) is 16.8. The fourth-order valence-corrected chi connectivity index (χ4v) is 4.63. The van der Waals surface area contributed by atoms with Crippen LogP contribution >= 0.6 is 11.8 Å². The van der Waals surface area contributed by atoms with Crippen molar-refractivity contribution in [3.63, 3.8) is 0 Å². The minimum atomic E-state index is -0.411. The number of carbonyl (C=O) groups is 3. The summed E-state index contributed by atoms with van der Waals surface area (Å²) < 4.78 is 0. The Kier molecular flexibility index (Phi) is 7.36. The first kappa shape index (κ1) is 24.3. The molecule has 4 rings (SSSR count). The summed E-state index contributed by atoms with van der Waals surface area (Å²) in [5.74, 6) is -0.618. The Bertz CT molecular complexity index is 1280. The van der Waals surface area contributed by atoms with Crippen LogP contribution in [0.25, 0.3) is 0 Å². The first-order valence-corrected chi connectivity index (χ1v) is 12.2. The number of hydrogen-bond acceptors (Lipinski definition) is 5. The van der Waals surface area contributed by atoms with Crippen LogP contribution in [-0.2, 0) is 14.4 Å². The van der Waals surface area contributed by atoms with Crippen molar-refractivity contribution in [3.8, 4) is 0 Å². The van der Waals surface area contributed by atoms with Crippen LogP contribution in [0.2, 0.25) is 0 Å². The van der Waals surface area contributed by atoms with Crippen LogP contribution in [0.4, 0.5) is 17.1 Å². The number of carbonyl (C=O) groups excluding carboxylic acids is 3. The Balaban J connectivity index is 1.65. The van der Waals surface area contributed by atoms with E-state index in [1.165, 1.54) is 16.7 Å². The van der Waals surface area contributed by atoms with E-state index in [2.05, 4.69) is 10.6 Å². The van der Waals surface area contributed by atoms with Crippen LogP contribution in [0.5, 0.6) is 0 Å². The minimum Gasteiger partial charge on any atom is -0.350 e. The molecule has 0 aliphatic carbocycles. The van der Waals surface area contributed by atoms with Crippen molar-refractivity contribution < 1.29 is 14.4 Å². The first-order valence-electron chi connectivity index (χ1n) is 11.4. The standard InChI is InChI=1S/C28H27N3O3S/c1-18(2)16-24(32)29-21-10-7-11-23(17-21)35-26-25(30-20-8-5-4-6-9-20)27(33)31(28(26)34)22-14-12-19(3)13-15-22/h4-15,17-18,30H,16H2,1-3H3,(H,29,32). The molecule has 3 aromatic rings. The van der Waals surface area contributed by atoms with E-state index in [0.717, 1.165) is 10.5 Å². The molecule has 0 radical (unpaired) electrons. The summed E-state index contributed by atoms with van der Waals surface area (Å²) >= 11 is 1.20. The van der Waals surface area contributed by atoms with Gasteiger partial charge in [-0.25, -0.2) is 4.90 Å². The van der Waals surface area contributed by atoms with E-state index in [1.54, 1.807) is 18.2 Å². The number of amides is 3. The quantitative estimate of drug-likeness (QED) is 0.385. The molecule has 1 aliphatic heterocycles. The van der Waals surface area contributed by atoms with Gasteiger partial charge in [-0.05, 0) is 55.3 Å². The zero-order valence-corrected chi connectivity index (χ0v) is 20.7. The molecule has 0 bridgehead atoms. The van der Waals surface area contributed by atoms with Crippen molar-refractivity contribution in [1.82, 2.24) is 0 Å². The number of thioether (sulfide) groups is 1. The molecule has 1 aliphatic rings. The van der Waals surface area contributed by atoms with Gasteiger partial charge in [0.2, 0.25) is 5.91 Å². The highest BCUT2D eigenvalue weighted by molar-refractivity contribution is 8.04. The normalized spacial score (nSPS) is 13.5. The van der Waals surface area contributed by atoms with Gasteiger partial charge in [-0.2, -0.15) is 0 Å². The van der Waals surface area contributed by atoms with Crippen LogP contribution in [0.3, 0.4) is 0 Å². The molecule has 0 unspecified atom stereocenters. The number of nitrogens with zero attached hydrogens (tertiary/aromatic N) is 1. The predicted molar refractivity (Wildman–Crippen MR) is 141 cm³/mol. The maximum atomic E-state index is 13.5. The largest absolute Gasteiger partial charge is 0.350 e. The van der Waals surface area contributed by atoms with Crippen molar-refractivity contribution in [3.05, 3.63) is 95.0 Å². The van der Waals surface area contributed by atoms with Crippen LogP contribution in [0.15, 0.2) is 94.4 Å². The van der Waals surface area contributed by atoms with Gasteiger partial charge in [0.05, 0.1) is 5.69 Å². The molecule has 3 aromatic carbocycles. The maximum Gasteiger partial charge on any atom is 0.283 e. The Morgan fingerprint density at radius 2 is 1.57 bits per heavy atom. The van der Waals surface area contributed by atoms with Gasteiger partial charge in [-0.3, -0.25) is 14.4 Å². The van der Waals surface area contributed by atoms with Crippen LogP contribution in [0.1, 0.15) is 25.8 Å².